The molecule has 3 heteroatoms. The van der Waals surface area contributed by atoms with Gasteiger partial charge in [0.25, 0.3) is 0 Å². The zero-order chi connectivity index (χ0) is 18.6. The Kier molecular flexibility index (Phi) is 5.15. The van der Waals surface area contributed by atoms with Crippen molar-refractivity contribution in [2.45, 2.75) is 0 Å². The maximum absolute atomic E-state index is 13.9. The van der Waals surface area contributed by atoms with Crippen molar-refractivity contribution in [2.75, 3.05) is 0 Å². The Bertz CT molecular complexity index is 967. The van der Waals surface area contributed by atoms with Crippen molar-refractivity contribution in [3.05, 3.63) is 109 Å². The van der Waals surface area contributed by atoms with E-state index in [1.165, 1.54) is 21.1 Å². The van der Waals surface area contributed by atoms with Crippen LogP contribution in [0.4, 0.5) is 8.78 Å². The van der Waals surface area contributed by atoms with Crippen LogP contribution in [-0.4, -0.2) is 15.0 Å². The number of halogens is 2. The van der Waals surface area contributed by atoms with Crippen molar-refractivity contribution in [3.8, 4) is 22.3 Å². The Morgan fingerprint density at radius 1 is 0.444 bits per heavy atom. The summed E-state index contributed by atoms with van der Waals surface area (Å²) in [5.41, 5.74) is 2.99. The standard InChI is InChI=1S/C24H16F2Se/c25-23-7-3-1-5-21(23)17-9-13-19(14-10-17)27-20-15-11-18(12-16-20)22-6-2-4-8-24(22)26/h1-16H. The van der Waals surface area contributed by atoms with Gasteiger partial charge in [-0.15, -0.1) is 0 Å². The number of hydrogen-bond donors (Lipinski definition) is 0. The van der Waals surface area contributed by atoms with Gasteiger partial charge in [0.15, 0.2) is 0 Å². The summed E-state index contributed by atoms with van der Waals surface area (Å²) >= 11 is 0.140. The van der Waals surface area contributed by atoms with Crippen molar-refractivity contribution >= 4 is 23.9 Å². The molecule has 0 nitrogen and oxygen atoms in total. The Morgan fingerprint density at radius 2 is 0.815 bits per heavy atom. The Hall–Kier alpha value is -2.74. The van der Waals surface area contributed by atoms with E-state index in [1.54, 1.807) is 24.3 Å². The van der Waals surface area contributed by atoms with Crippen LogP contribution in [0.25, 0.3) is 22.3 Å². The van der Waals surface area contributed by atoms with Crippen LogP contribution in [0.2, 0.25) is 0 Å². The fraction of sp³-hybridized carbons (Fsp3) is 0. The predicted molar refractivity (Wildman–Crippen MR) is 109 cm³/mol. The molecule has 0 aliphatic carbocycles. The van der Waals surface area contributed by atoms with Crippen molar-refractivity contribution in [1.29, 1.82) is 0 Å². The van der Waals surface area contributed by atoms with Gasteiger partial charge in [0.2, 0.25) is 0 Å². The Morgan fingerprint density at radius 3 is 1.19 bits per heavy atom. The molecule has 27 heavy (non-hydrogen) atoms. The summed E-state index contributed by atoms with van der Waals surface area (Å²) in [7, 11) is 0. The van der Waals surface area contributed by atoms with E-state index in [4.69, 9.17) is 0 Å². The van der Waals surface area contributed by atoms with Gasteiger partial charge in [-0.1, -0.05) is 0 Å². The summed E-state index contributed by atoms with van der Waals surface area (Å²) in [4.78, 5) is 0. The van der Waals surface area contributed by atoms with Crippen LogP contribution in [0.3, 0.4) is 0 Å². The van der Waals surface area contributed by atoms with Gasteiger partial charge in [-0.2, -0.15) is 0 Å². The third-order valence-electron chi connectivity index (χ3n) is 4.31. The van der Waals surface area contributed by atoms with E-state index in [9.17, 15) is 8.78 Å². The van der Waals surface area contributed by atoms with Gasteiger partial charge < -0.3 is 0 Å². The molecule has 132 valence electrons. The second-order valence-electron chi connectivity index (χ2n) is 6.11. The van der Waals surface area contributed by atoms with Gasteiger partial charge in [0.05, 0.1) is 0 Å². The van der Waals surface area contributed by atoms with Crippen LogP contribution in [0, 0.1) is 11.6 Å². The van der Waals surface area contributed by atoms with E-state index in [1.807, 2.05) is 60.7 Å². The van der Waals surface area contributed by atoms with Gasteiger partial charge in [-0.25, -0.2) is 0 Å². The number of benzene rings is 4. The average molecular weight is 421 g/mol. The van der Waals surface area contributed by atoms with Gasteiger partial charge in [-0.3, -0.25) is 0 Å². The fourth-order valence-corrected chi connectivity index (χ4v) is 4.64. The number of rotatable bonds is 4. The van der Waals surface area contributed by atoms with Gasteiger partial charge in [0, 0.05) is 0 Å². The Labute approximate surface area is 163 Å². The number of hydrogen-bond acceptors (Lipinski definition) is 0. The molecule has 0 spiro atoms. The molecule has 0 fully saturated rings. The zero-order valence-corrected chi connectivity index (χ0v) is 16.1. The molecule has 0 aliphatic heterocycles. The molecular weight excluding hydrogens is 405 g/mol. The molecule has 0 N–H and O–H groups in total. The SMILES string of the molecule is Fc1ccccc1-c1ccc([Se]c2ccc(-c3ccccc3F)cc2)cc1. The van der Waals surface area contributed by atoms with Crippen LogP contribution in [0.5, 0.6) is 0 Å². The predicted octanol–water partition coefficient (Wildman–Crippen LogP) is 4.95. The summed E-state index contributed by atoms with van der Waals surface area (Å²) < 4.78 is 30.2. The first-order chi connectivity index (χ1) is 13.2. The van der Waals surface area contributed by atoms with E-state index in [0.29, 0.717) is 11.1 Å². The maximum atomic E-state index is 13.9. The first-order valence-electron chi connectivity index (χ1n) is 8.58. The molecule has 0 saturated heterocycles. The summed E-state index contributed by atoms with van der Waals surface area (Å²) in [5, 5.41) is 0. The summed E-state index contributed by atoms with van der Waals surface area (Å²) in [6.07, 6.45) is 0. The molecule has 0 unspecified atom stereocenters. The van der Waals surface area contributed by atoms with Gasteiger partial charge >= 0.3 is 164 Å². The van der Waals surface area contributed by atoms with E-state index in [0.717, 1.165) is 11.1 Å². The fourth-order valence-electron chi connectivity index (χ4n) is 2.93. The second kappa shape index (κ2) is 7.87. The molecule has 0 aromatic heterocycles. The van der Waals surface area contributed by atoms with Crippen LogP contribution < -0.4 is 8.92 Å². The first kappa shape index (κ1) is 17.7. The topological polar surface area (TPSA) is 0 Å². The monoisotopic (exact) mass is 422 g/mol. The normalized spacial score (nSPS) is 10.7. The van der Waals surface area contributed by atoms with Gasteiger partial charge in [0.1, 0.15) is 0 Å². The summed E-state index contributed by atoms with van der Waals surface area (Å²) in [6, 6.07) is 29.6. The van der Waals surface area contributed by atoms with Gasteiger partial charge in [-0.05, 0) is 0 Å². The van der Waals surface area contributed by atoms with Crippen LogP contribution >= 0.6 is 0 Å². The minimum atomic E-state index is -0.209. The van der Waals surface area contributed by atoms with Crippen molar-refractivity contribution < 1.29 is 8.78 Å². The summed E-state index contributed by atoms with van der Waals surface area (Å²) in [6.45, 7) is 0. The molecule has 0 heterocycles. The molecule has 4 aromatic rings. The first-order valence-corrected chi connectivity index (χ1v) is 10.3. The molecule has 0 atom stereocenters. The van der Waals surface area contributed by atoms with E-state index in [2.05, 4.69) is 0 Å². The van der Waals surface area contributed by atoms with Crippen molar-refractivity contribution in [3.63, 3.8) is 0 Å². The molecule has 0 aliphatic rings. The van der Waals surface area contributed by atoms with Crippen molar-refractivity contribution in [2.24, 2.45) is 0 Å². The van der Waals surface area contributed by atoms with E-state index >= 15 is 0 Å². The van der Waals surface area contributed by atoms with Crippen LogP contribution in [0.15, 0.2) is 97.1 Å². The quantitative estimate of drug-likeness (QED) is 0.409. The zero-order valence-electron chi connectivity index (χ0n) is 14.4. The average Bonchev–Trinajstić information content (AvgIpc) is 2.70. The molecule has 4 rings (SSSR count). The minimum absolute atomic E-state index is 0.140. The van der Waals surface area contributed by atoms with Crippen LogP contribution in [0.1, 0.15) is 0 Å². The van der Waals surface area contributed by atoms with Crippen molar-refractivity contribution in [1.82, 2.24) is 0 Å². The second-order valence-corrected chi connectivity index (χ2v) is 8.52. The van der Waals surface area contributed by atoms with Crippen LogP contribution in [-0.2, 0) is 0 Å². The molecule has 0 bridgehead atoms. The molecule has 4 aromatic carbocycles. The Balaban J connectivity index is 1.51. The molecule has 0 saturated carbocycles. The molecular formula is C24H16F2Se. The molecule has 0 radical (unpaired) electrons. The van der Waals surface area contributed by atoms with E-state index in [-0.39, 0.29) is 26.6 Å². The third-order valence-corrected chi connectivity index (χ3v) is 6.45. The molecule has 0 amide bonds. The summed E-state index contributed by atoms with van der Waals surface area (Å²) in [5.74, 6) is -0.418. The van der Waals surface area contributed by atoms with E-state index < -0.39 is 0 Å². The third kappa shape index (κ3) is 4.00.